The third kappa shape index (κ3) is 5.29. The highest BCUT2D eigenvalue weighted by atomic mass is 32.2. The quantitative estimate of drug-likeness (QED) is 0.718. The SMILES string of the molecule is COc1ccc(S(=O)(=O)NCC[C@@H](CCO)c2ccccc2)c(C)c1. The predicted molar refractivity (Wildman–Crippen MR) is 98.4 cm³/mol. The Bertz CT molecular complexity index is 775. The largest absolute Gasteiger partial charge is 0.497 e. The molecule has 0 unspecified atom stereocenters. The Morgan fingerprint density at radius 3 is 2.44 bits per heavy atom. The molecule has 0 radical (unpaired) electrons. The Morgan fingerprint density at radius 2 is 1.84 bits per heavy atom. The first kappa shape index (κ1) is 19.4. The van der Waals surface area contributed by atoms with E-state index in [-0.39, 0.29) is 17.4 Å². The number of nitrogens with one attached hydrogen (secondary N) is 1. The van der Waals surface area contributed by atoms with Gasteiger partial charge in [-0.2, -0.15) is 0 Å². The molecule has 0 saturated heterocycles. The molecule has 2 aromatic rings. The predicted octanol–water partition coefficient (Wildman–Crippen LogP) is 2.84. The molecule has 0 amide bonds. The average Bonchev–Trinajstić information content (AvgIpc) is 2.61. The van der Waals surface area contributed by atoms with E-state index in [1.807, 2.05) is 30.3 Å². The van der Waals surface area contributed by atoms with E-state index in [1.165, 1.54) is 0 Å². The lowest BCUT2D eigenvalue weighted by molar-refractivity contribution is 0.273. The van der Waals surface area contributed by atoms with Crippen molar-refractivity contribution in [2.24, 2.45) is 0 Å². The van der Waals surface area contributed by atoms with Crippen LogP contribution in [0.15, 0.2) is 53.4 Å². The number of ether oxygens (including phenoxy) is 1. The lowest BCUT2D eigenvalue weighted by Gasteiger charge is -2.17. The first-order valence-corrected chi connectivity index (χ1v) is 9.76. The summed E-state index contributed by atoms with van der Waals surface area (Å²) in [5, 5.41) is 9.27. The van der Waals surface area contributed by atoms with Crippen LogP contribution in [0, 0.1) is 6.92 Å². The van der Waals surface area contributed by atoms with E-state index >= 15 is 0 Å². The second-order valence-electron chi connectivity index (χ2n) is 5.94. The van der Waals surface area contributed by atoms with Gasteiger partial charge >= 0.3 is 0 Å². The van der Waals surface area contributed by atoms with Gasteiger partial charge in [0.15, 0.2) is 0 Å². The molecule has 1 atom stereocenters. The van der Waals surface area contributed by atoms with E-state index in [9.17, 15) is 13.5 Å². The average molecular weight is 363 g/mol. The van der Waals surface area contributed by atoms with Crippen molar-refractivity contribution >= 4 is 10.0 Å². The van der Waals surface area contributed by atoms with E-state index in [0.29, 0.717) is 30.7 Å². The van der Waals surface area contributed by atoms with Gasteiger partial charge in [0.05, 0.1) is 12.0 Å². The molecule has 0 saturated carbocycles. The fourth-order valence-electron chi connectivity index (χ4n) is 2.85. The lowest BCUT2D eigenvalue weighted by Crippen LogP contribution is -2.26. The van der Waals surface area contributed by atoms with Gasteiger partial charge in [0.1, 0.15) is 5.75 Å². The normalized spacial score (nSPS) is 12.8. The molecule has 0 aliphatic heterocycles. The van der Waals surface area contributed by atoms with Crippen molar-refractivity contribution in [3.05, 3.63) is 59.7 Å². The third-order valence-corrected chi connectivity index (χ3v) is 5.83. The Labute approximate surface area is 149 Å². The van der Waals surface area contributed by atoms with Crippen LogP contribution in [-0.4, -0.2) is 33.8 Å². The summed E-state index contributed by atoms with van der Waals surface area (Å²) in [7, 11) is -2.03. The molecule has 0 bridgehead atoms. The summed E-state index contributed by atoms with van der Waals surface area (Å²) >= 11 is 0. The van der Waals surface area contributed by atoms with Crippen molar-refractivity contribution in [2.75, 3.05) is 20.3 Å². The van der Waals surface area contributed by atoms with Crippen LogP contribution in [0.4, 0.5) is 0 Å². The molecule has 6 heteroatoms. The van der Waals surface area contributed by atoms with Crippen molar-refractivity contribution in [3.63, 3.8) is 0 Å². The zero-order valence-corrected chi connectivity index (χ0v) is 15.4. The molecule has 0 aliphatic rings. The number of rotatable bonds is 9. The third-order valence-electron chi connectivity index (χ3n) is 4.21. The van der Waals surface area contributed by atoms with Gasteiger partial charge in [0.2, 0.25) is 10.0 Å². The number of hydrogen-bond acceptors (Lipinski definition) is 4. The summed E-state index contributed by atoms with van der Waals surface area (Å²) in [6.45, 7) is 2.13. The Kier molecular flexibility index (Phi) is 6.99. The summed E-state index contributed by atoms with van der Waals surface area (Å²) in [5.74, 6) is 0.745. The second-order valence-corrected chi connectivity index (χ2v) is 7.67. The summed E-state index contributed by atoms with van der Waals surface area (Å²) < 4.78 is 32.8. The molecule has 5 nitrogen and oxygen atoms in total. The number of sulfonamides is 1. The molecule has 25 heavy (non-hydrogen) atoms. The Hall–Kier alpha value is -1.89. The van der Waals surface area contributed by atoms with Crippen LogP contribution in [0.5, 0.6) is 5.75 Å². The van der Waals surface area contributed by atoms with Crippen LogP contribution in [0.2, 0.25) is 0 Å². The van der Waals surface area contributed by atoms with Crippen molar-refractivity contribution in [2.45, 2.75) is 30.6 Å². The van der Waals surface area contributed by atoms with Crippen molar-refractivity contribution < 1.29 is 18.3 Å². The molecule has 2 aromatic carbocycles. The zero-order valence-electron chi connectivity index (χ0n) is 14.6. The fraction of sp³-hybridized carbons (Fsp3) is 0.368. The summed E-state index contributed by atoms with van der Waals surface area (Å²) in [6, 6.07) is 14.7. The van der Waals surface area contributed by atoms with Crippen molar-refractivity contribution in [1.29, 1.82) is 0 Å². The second kappa shape index (κ2) is 8.99. The summed E-state index contributed by atoms with van der Waals surface area (Å²) in [6.07, 6.45) is 1.23. The number of methoxy groups -OCH3 is 1. The molecule has 0 aromatic heterocycles. The number of aryl methyl sites for hydroxylation is 1. The van der Waals surface area contributed by atoms with Gasteiger partial charge in [-0.1, -0.05) is 30.3 Å². The molecule has 0 fully saturated rings. The molecule has 0 aliphatic carbocycles. The van der Waals surface area contributed by atoms with Crippen LogP contribution in [0.1, 0.15) is 29.9 Å². The van der Waals surface area contributed by atoms with Gasteiger partial charge < -0.3 is 9.84 Å². The van der Waals surface area contributed by atoms with E-state index in [0.717, 1.165) is 5.56 Å². The number of benzene rings is 2. The van der Waals surface area contributed by atoms with E-state index in [4.69, 9.17) is 4.74 Å². The topological polar surface area (TPSA) is 75.6 Å². The highest BCUT2D eigenvalue weighted by molar-refractivity contribution is 7.89. The van der Waals surface area contributed by atoms with Gasteiger partial charge in [-0.3, -0.25) is 0 Å². The van der Waals surface area contributed by atoms with Crippen LogP contribution < -0.4 is 9.46 Å². The summed E-state index contributed by atoms with van der Waals surface area (Å²) in [5.41, 5.74) is 1.75. The van der Waals surface area contributed by atoms with Gasteiger partial charge in [-0.15, -0.1) is 0 Å². The summed E-state index contributed by atoms with van der Waals surface area (Å²) in [4.78, 5) is 0.256. The van der Waals surface area contributed by atoms with E-state index < -0.39 is 10.0 Å². The minimum absolute atomic E-state index is 0.0733. The number of aliphatic hydroxyl groups is 1. The van der Waals surface area contributed by atoms with Crippen LogP contribution in [0.3, 0.4) is 0 Å². The van der Waals surface area contributed by atoms with Gasteiger partial charge in [-0.05, 0) is 55.0 Å². The van der Waals surface area contributed by atoms with Crippen LogP contribution in [-0.2, 0) is 10.0 Å². The highest BCUT2D eigenvalue weighted by Crippen LogP contribution is 2.24. The number of hydrogen-bond donors (Lipinski definition) is 2. The smallest absolute Gasteiger partial charge is 0.240 e. The van der Waals surface area contributed by atoms with Crippen molar-refractivity contribution in [1.82, 2.24) is 4.72 Å². The standard InChI is InChI=1S/C19H25NO4S/c1-15-14-18(24-2)8-9-19(15)25(22,23)20-12-10-17(11-13-21)16-6-4-3-5-7-16/h3-9,14,17,20-21H,10-13H2,1-2H3/t17-/m0/s1. The fourth-order valence-corrected chi connectivity index (χ4v) is 4.13. The van der Waals surface area contributed by atoms with Crippen LogP contribution in [0.25, 0.3) is 0 Å². The van der Waals surface area contributed by atoms with Gasteiger partial charge in [0, 0.05) is 13.2 Å². The number of aliphatic hydroxyl groups excluding tert-OH is 1. The zero-order chi connectivity index (χ0) is 18.3. The maximum atomic E-state index is 12.5. The molecule has 2 N–H and O–H groups in total. The first-order valence-electron chi connectivity index (χ1n) is 8.28. The first-order chi connectivity index (χ1) is 12.0. The lowest BCUT2D eigenvalue weighted by atomic mass is 9.93. The van der Waals surface area contributed by atoms with Crippen molar-refractivity contribution in [3.8, 4) is 5.75 Å². The van der Waals surface area contributed by atoms with Gasteiger partial charge in [-0.25, -0.2) is 13.1 Å². The van der Waals surface area contributed by atoms with E-state index in [2.05, 4.69) is 4.72 Å². The Morgan fingerprint density at radius 1 is 1.12 bits per heavy atom. The molecule has 136 valence electrons. The van der Waals surface area contributed by atoms with E-state index in [1.54, 1.807) is 32.2 Å². The molecule has 0 spiro atoms. The molecular formula is C19H25NO4S. The maximum absolute atomic E-state index is 12.5. The maximum Gasteiger partial charge on any atom is 0.240 e. The Balaban J connectivity index is 2.03. The highest BCUT2D eigenvalue weighted by Gasteiger charge is 2.18. The van der Waals surface area contributed by atoms with Crippen LogP contribution >= 0.6 is 0 Å². The molecular weight excluding hydrogens is 338 g/mol. The molecule has 0 heterocycles. The monoisotopic (exact) mass is 363 g/mol. The van der Waals surface area contributed by atoms with Gasteiger partial charge in [0.25, 0.3) is 0 Å². The molecule has 2 rings (SSSR count). The minimum Gasteiger partial charge on any atom is -0.497 e. The minimum atomic E-state index is -3.58.